The van der Waals surface area contributed by atoms with Gasteiger partial charge in [-0.05, 0) is 18.2 Å². The van der Waals surface area contributed by atoms with E-state index in [0.717, 1.165) is 17.2 Å². The van der Waals surface area contributed by atoms with Gasteiger partial charge in [0, 0.05) is 22.9 Å². The van der Waals surface area contributed by atoms with Crippen molar-refractivity contribution in [3.8, 4) is 0 Å². The van der Waals surface area contributed by atoms with Crippen LogP contribution in [0.3, 0.4) is 0 Å². The lowest BCUT2D eigenvalue weighted by Crippen LogP contribution is -2.16. The highest BCUT2D eigenvalue weighted by molar-refractivity contribution is 8.00. The van der Waals surface area contributed by atoms with Gasteiger partial charge in [-0.15, -0.1) is 11.8 Å². The van der Waals surface area contributed by atoms with Crippen molar-refractivity contribution < 1.29 is 13.2 Å². The molecule has 1 N–H and O–H groups in total. The van der Waals surface area contributed by atoms with Crippen molar-refractivity contribution in [3.05, 3.63) is 48.3 Å². The summed E-state index contributed by atoms with van der Waals surface area (Å²) in [5.41, 5.74) is -0.941. The van der Waals surface area contributed by atoms with E-state index in [0.29, 0.717) is 6.54 Å². The maximum atomic E-state index is 12.5. The molecule has 1 heterocycles. The second kappa shape index (κ2) is 6.80. The highest BCUT2D eigenvalue weighted by atomic mass is 32.2. The fourth-order valence-corrected chi connectivity index (χ4v) is 2.56. The van der Waals surface area contributed by atoms with Gasteiger partial charge in [0.15, 0.2) is 0 Å². The number of nitrogens with zero attached hydrogens (tertiary/aromatic N) is 2. The van der Waals surface area contributed by atoms with Crippen LogP contribution in [0.2, 0.25) is 0 Å². The molecule has 1 aromatic heterocycles. The fraction of sp³-hybridized carbons (Fsp3) is 0.286. The second-order valence-corrected chi connectivity index (χ2v) is 5.90. The van der Waals surface area contributed by atoms with E-state index in [-0.39, 0.29) is 11.2 Å². The summed E-state index contributed by atoms with van der Waals surface area (Å²) in [5, 5.41) is 3.01. The van der Waals surface area contributed by atoms with Crippen LogP contribution >= 0.6 is 11.8 Å². The minimum atomic E-state index is -4.45. The number of nitrogens with one attached hydrogen (secondary N) is 1. The number of halogens is 3. The molecule has 0 saturated heterocycles. The molecule has 0 aliphatic rings. The first-order valence-corrected chi connectivity index (χ1v) is 7.19. The maximum Gasteiger partial charge on any atom is 0.433 e. The molecule has 21 heavy (non-hydrogen) atoms. The Bertz CT molecular complexity index is 575. The number of hydrogen-bond donors (Lipinski definition) is 1. The summed E-state index contributed by atoms with van der Waals surface area (Å²) < 4.78 is 37.6. The average Bonchev–Trinajstić information content (AvgIpc) is 2.46. The molecule has 0 bridgehead atoms. The fourth-order valence-electron chi connectivity index (χ4n) is 1.61. The topological polar surface area (TPSA) is 37.8 Å². The van der Waals surface area contributed by atoms with Crippen molar-refractivity contribution in [3.63, 3.8) is 0 Å². The average molecular weight is 313 g/mol. The molecule has 0 saturated carbocycles. The Hall–Kier alpha value is -1.76. The normalized spacial score (nSPS) is 13.0. The largest absolute Gasteiger partial charge is 0.433 e. The standard InChI is InChI=1S/C14H14F3N3S/c1-10(21-11-5-3-2-4-6-11)9-19-13-18-8-7-12(20-13)14(15,16)17/h2-8,10H,9H2,1H3,(H,18,19,20). The number of aromatic nitrogens is 2. The second-order valence-electron chi connectivity index (χ2n) is 4.39. The smallest absolute Gasteiger partial charge is 0.353 e. The third kappa shape index (κ3) is 4.93. The molecule has 1 unspecified atom stereocenters. The van der Waals surface area contributed by atoms with E-state index in [1.54, 1.807) is 11.8 Å². The van der Waals surface area contributed by atoms with Crippen LogP contribution in [0.15, 0.2) is 47.5 Å². The zero-order chi connectivity index (χ0) is 15.3. The molecule has 0 fully saturated rings. The number of rotatable bonds is 5. The first-order valence-electron chi connectivity index (χ1n) is 6.31. The molecule has 0 spiro atoms. The molecule has 1 atom stereocenters. The van der Waals surface area contributed by atoms with Crippen molar-refractivity contribution in [1.82, 2.24) is 9.97 Å². The van der Waals surface area contributed by atoms with Gasteiger partial charge in [0.05, 0.1) is 0 Å². The summed E-state index contributed by atoms with van der Waals surface area (Å²) in [7, 11) is 0. The van der Waals surface area contributed by atoms with Crippen LogP contribution in [-0.4, -0.2) is 21.8 Å². The Morgan fingerprint density at radius 2 is 1.90 bits per heavy atom. The Kier molecular flexibility index (Phi) is 5.06. The maximum absolute atomic E-state index is 12.5. The zero-order valence-electron chi connectivity index (χ0n) is 11.3. The summed E-state index contributed by atoms with van der Waals surface area (Å²) in [6.45, 7) is 2.46. The summed E-state index contributed by atoms with van der Waals surface area (Å²) in [6, 6.07) is 10.7. The van der Waals surface area contributed by atoms with Gasteiger partial charge < -0.3 is 5.32 Å². The Balaban J connectivity index is 1.91. The van der Waals surface area contributed by atoms with Crippen LogP contribution in [0.25, 0.3) is 0 Å². The van der Waals surface area contributed by atoms with Gasteiger partial charge in [-0.25, -0.2) is 9.97 Å². The summed E-state index contributed by atoms with van der Waals surface area (Å²) >= 11 is 1.63. The molecule has 3 nitrogen and oxygen atoms in total. The predicted molar refractivity (Wildman–Crippen MR) is 77.3 cm³/mol. The number of alkyl halides is 3. The molecule has 2 rings (SSSR count). The minimum absolute atomic E-state index is 0.00895. The van der Waals surface area contributed by atoms with Gasteiger partial charge >= 0.3 is 6.18 Å². The quantitative estimate of drug-likeness (QED) is 0.844. The summed E-state index contributed by atoms with van der Waals surface area (Å²) in [5.74, 6) is -0.00895. The van der Waals surface area contributed by atoms with Crippen LogP contribution in [0.4, 0.5) is 19.1 Å². The zero-order valence-corrected chi connectivity index (χ0v) is 12.1. The molecule has 7 heteroatoms. The Morgan fingerprint density at radius 1 is 1.19 bits per heavy atom. The molecular weight excluding hydrogens is 299 g/mol. The van der Waals surface area contributed by atoms with Crippen molar-refractivity contribution in [2.24, 2.45) is 0 Å². The first-order chi connectivity index (χ1) is 9.95. The van der Waals surface area contributed by atoms with Gasteiger partial charge in [0.25, 0.3) is 0 Å². The Morgan fingerprint density at radius 3 is 2.57 bits per heavy atom. The third-order valence-corrected chi connectivity index (χ3v) is 3.69. The van der Waals surface area contributed by atoms with Crippen molar-refractivity contribution in [2.75, 3.05) is 11.9 Å². The predicted octanol–water partition coefficient (Wildman–Crippen LogP) is 4.09. The SMILES string of the molecule is CC(CNc1nccc(C(F)(F)F)n1)Sc1ccccc1. The molecule has 0 aliphatic heterocycles. The highest BCUT2D eigenvalue weighted by Crippen LogP contribution is 2.27. The van der Waals surface area contributed by atoms with E-state index in [2.05, 4.69) is 15.3 Å². The van der Waals surface area contributed by atoms with E-state index >= 15 is 0 Å². The molecule has 2 aromatic rings. The molecule has 112 valence electrons. The van der Waals surface area contributed by atoms with Gasteiger partial charge in [0.1, 0.15) is 5.69 Å². The molecular formula is C14H14F3N3S. The van der Waals surface area contributed by atoms with E-state index in [1.165, 1.54) is 0 Å². The lowest BCUT2D eigenvalue weighted by molar-refractivity contribution is -0.141. The van der Waals surface area contributed by atoms with Crippen LogP contribution in [0, 0.1) is 0 Å². The summed E-state index contributed by atoms with van der Waals surface area (Å²) in [4.78, 5) is 8.38. The van der Waals surface area contributed by atoms with Gasteiger partial charge in [-0.1, -0.05) is 25.1 Å². The van der Waals surface area contributed by atoms with Crippen LogP contribution in [0.5, 0.6) is 0 Å². The number of anilines is 1. The first kappa shape index (κ1) is 15.6. The van der Waals surface area contributed by atoms with E-state index in [1.807, 2.05) is 37.3 Å². The summed E-state index contributed by atoms with van der Waals surface area (Å²) in [6.07, 6.45) is -3.35. The van der Waals surface area contributed by atoms with E-state index < -0.39 is 11.9 Å². The molecule has 1 aromatic carbocycles. The van der Waals surface area contributed by atoms with Crippen molar-refractivity contribution >= 4 is 17.7 Å². The van der Waals surface area contributed by atoms with Gasteiger partial charge in [-0.3, -0.25) is 0 Å². The van der Waals surface area contributed by atoms with Crippen LogP contribution < -0.4 is 5.32 Å². The number of hydrogen-bond acceptors (Lipinski definition) is 4. The van der Waals surface area contributed by atoms with Crippen LogP contribution in [0.1, 0.15) is 12.6 Å². The lowest BCUT2D eigenvalue weighted by Gasteiger charge is -2.13. The van der Waals surface area contributed by atoms with Crippen molar-refractivity contribution in [1.29, 1.82) is 0 Å². The third-order valence-electron chi connectivity index (χ3n) is 2.57. The monoisotopic (exact) mass is 313 g/mol. The molecule has 0 aliphatic carbocycles. The lowest BCUT2D eigenvalue weighted by atomic mass is 10.4. The number of thioether (sulfide) groups is 1. The Labute approximate surface area is 125 Å². The van der Waals surface area contributed by atoms with E-state index in [9.17, 15) is 13.2 Å². The van der Waals surface area contributed by atoms with Gasteiger partial charge in [0.2, 0.25) is 5.95 Å². The van der Waals surface area contributed by atoms with Gasteiger partial charge in [-0.2, -0.15) is 13.2 Å². The molecule has 0 amide bonds. The minimum Gasteiger partial charge on any atom is -0.353 e. The van der Waals surface area contributed by atoms with Crippen molar-refractivity contribution in [2.45, 2.75) is 23.2 Å². The molecule has 0 radical (unpaired) electrons. The highest BCUT2D eigenvalue weighted by Gasteiger charge is 2.32. The van der Waals surface area contributed by atoms with E-state index in [4.69, 9.17) is 0 Å². The van der Waals surface area contributed by atoms with Crippen LogP contribution in [-0.2, 0) is 6.18 Å². The number of benzene rings is 1.